The molecule has 0 spiro atoms. The number of carboxylic acids is 1. The molecule has 0 saturated heterocycles. The van der Waals surface area contributed by atoms with Crippen LogP contribution in [0.2, 0.25) is 10.0 Å². The zero-order valence-corrected chi connectivity index (χ0v) is 15.2. The number of hydrogen-bond donors (Lipinski definition) is 2. The van der Waals surface area contributed by atoms with Crippen molar-refractivity contribution in [3.05, 3.63) is 82.3 Å². The van der Waals surface area contributed by atoms with Crippen LogP contribution in [0.5, 0.6) is 0 Å². The number of aromatic carboxylic acids is 1. The average molecular weight is 390 g/mol. The van der Waals surface area contributed by atoms with Crippen molar-refractivity contribution in [1.29, 1.82) is 0 Å². The van der Waals surface area contributed by atoms with Crippen LogP contribution in [0.1, 0.15) is 10.4 Å². The van der Waals surface area contributed by atoms with Crippen molar-refractivity contribution >= 4 is 46.8 Å². The summed E-state index contributed by atoms with van der Waals surface area (Å²) in [5.41, 5.74) is 2.64. The van der Waals surface area contributed by atoms with E-state index in [1.165, 1.54) is 11.9 Å². The normalized spacial score (nSPS) is 10.5. The molecule has 0 fully saturated rings. The molecule has 0 heterocycles. The van der Waals surface area contributed by atoms with Gasteiger partial charge in [-0.1, -0.05) is 59.6 Å². The van der Waals surface area contributed by atoms with Crippen LogP contribution in [-0.4, -0.2) is 11.1 Å². The van der Waals surface area contributed by atoms with Gasteiger partial charge in [-0.25, -0.2) is 4.79 Å². The van der Waals surface area contributed by atoms with E-state index >= 15 is 0 Å². The van der Waals surface area contributed by atoms with Gasteiger partial charge in [0, 0.05) is 14.9 Å². The number of rotatable bonds is 5. The lowest BCUT2D eigenvalue weighted by molar-refractivity contribution is 0.0698. The first-order valence-corrected chi connectivity index (χ1v) is 8.92. The highest BCUT2D eigenvalue weighted by molar-refractivity contribution is 8.00. The minimum Gasteiger partial charge on any atom is -0.478 e. The van der Waals surface area contributed by atoms with Crippen LogP contribution in [0.15, 0.2) is 71.6 Å². The quantitative estimate of drug-likeness (QED) is 0.490. The second-order valence-corrected chi connectivity index (χ2v) is 6.99. The summed E-state index contributed by atoms with van der Waals surface area (Å²) in [4.78, 5) is 12.3. The third kappa shape index (κ3) is 4.48. The van der Waals surface area contributed by atoms with Gasteiger partial charge in [0.2, 0.25) is 0 Å². The molecule has 0 aliphatic carbocycles. The summed E-state index contributed by atoms with van der Waals surface area (Å²) in [5, 5.41) is 10.5. The van der Waals surface area contributed by atoms with Crippen LogP contribution in [-0.2, 0) is 0 Å². The van der Waals surface area contributed by atoms with Crippen LogP contribution in [0.25, 0.3) is 11.1 Å². The van der Waals surface area contributed by atoms with Gasteiger partial charge >= 0.3 is 5.97 Å². The molecule has 0 unspecified atom stereocenters. The standard InChI is InChI=1S/C19H13Cl2NO2S/c20-14-9-15(21)11-16(10-14)25-22-18-8-13(6-7-17(18)19(23)24)12-4-2-1-3-5-12/h1-11,22H,(H,23,24). The van der Waals surface area contributed by atoms with E-state index in [1.807, 2.05) is 36.4 Å². The Morgan fingerprint density at radius 1 is 0.880 bits per heavy atom. The Balaban J connectivity index is 1.91. The molecule has 3 aromatic rings. The zero-order chi connectivity index (χ0) is 17.8. The van der Waals surface area contributed by atoms with Crippen molar-refractivity contribution < 1.29 is 9.90 Å². The highest BCUT2D eigenvalue weighted by atomic mass is 35.5. The van der Waals surface area contributed by atoms with Crippen molar-refractivity contribution in [1.82, 2.24) is 0 Å². The van der Waals surface area contributed by atoms with E-state index in [4.69, 9.17) is 23.2 Å². The van der Waals surface area contributed by atoms with Gasteiger partial charge in [-0.15, -0.1) is 0 Å². The lowest BCUT2D eigenvalue weighted by atomic mass is 10.0. The van der Waals surface area contributed by atoms with E-state index in [1.54, 1.807) is 30.3 Å². The minimum atomic E-state index is -0.994. The maximum absolute atomic E-state index is 11.5. The van der Waals surface area contributed by atoms with Gasteiger partial charge in [0.25, 0.3) is 0 Å². The molecule has 0 atom stereocenters. The van der Waals surface area contributed by atoms with Gasteiger partial charge < -0.3 is 9.83 Å². The highest BCUT2D eigenvalue weighted by Gasteiger charge is 2.12. The van der Waals surface area contributed by atoms with E-state index in [0.29, 0.717) is 15.7 Å². The third-order valence-corrected chi connectivity index (χ3v) is 4.70. The molecule has 0 aliphatic heterocycles. The van der Waals surface area contributed by atoms with Crippen LogP contribution in [0, 0.1) is 0 Å². The first kappa shape index (κ1) is 17.7. The number of benzene rings is 3. The Hall–Kier alpha value is -2.14. The molecular formula is C19H13Cl2NO2S. The van der Waals surface area contributed by atoms with Crippen molar-refractivity contribution in [2.45, 2.75) is 4.90 Å². The van der Waals surface area contributed by atoms with E-state index in [-0.39, 0.29) is 5.56 Å². The van der Waals surface area contributed by atoms with E-state index < -0.39 is 5.97 Å². The largest absolute Gasteiger partial charge is 0.478 e. The topological polar surface area (TPSA) is 49.3 Å². The Bertz CT molecular complexity index is 896. The first-order valence-electron chi connectivity index (χ1n) is 7.34. The van der Waals surface area contributed by atoms with Crippen LogP contribution in [0.3, 0.4) is 0 Å². The molecule has 0 radical (unpaired) electrons. The molecule has 0 aromatic heterocycles. The van der Waals surface area contributed by atoms with Gasteiger partial charge in [0.1, 0.15) is 0 Å². The second-order valence-electron chi connectivity index (χ2n) is 5.24. The molecular weight excluding hydrogens is 377 g/mol. The predicted molar refractivity (Wildman–Crippen MR) is 105 cm³/mol. The van der Waals surface area contributed by atoms with Crippen molar-refractivity contribution in [3.8, 4) is 11.1 Å². The summed E-state index contributed by atoms with van der Waals surface area (Å²) < 4.78 is 3.09. The Morgan fingerprint density at radius 2 is 1.56 bits per heavy atom. The smallest absolute Gasteiger partial charge is 0.337 e. The maximum atomic E-state index is 11.5. The number of carboxylic acid groups (broad SMARTS) is 1. The second kappa shape index (κ2) is 7.83. The fourth-order valence-electron chi connectivity index (χ4n) is 2.33. The molecule has 2 N–H and O–H groups in total. The Labute approximate surface area is 159 Å². The summed E-state index contributed by atoms with van der Waals surface area (Å²) in [7, 11) is 0. The van der Waals surface area contributed by atoms with E-state index in [2.05, 4.69) is 4.72 Å². The summed E-state index contributed by atoms with van der Waals surface area (Å²) in [6.45, 7) is 0. The molecule has 0 saturated carbocycles. The third-order valence-electron chi connectivity index (χ3n) is 3.47. The molecule has 3 rings (SSSR count). The molecule has 0 bridgehead atoms. The van der Waals surface area contributed by atoms with Crippen LogP contribution < -0.4 is 4.72 Å². The van der Waals surface area contributed by atoms with Gasteiger partial charge in [-0.3, -0.25) is 0 Å². The fraction of sp³-hybridized carbons (Fsp3) is 0. The monoisotopic (exact) mass is 389 g/mol. The molecule has 0 amide bonds. The zero-order valence-electron chi connectivity index (χ0n) is 12.9. The number of anilines is 1. The first-order chi connectivity index (χ1) is 12.0. The highest BCUT2D eigenvalue weighted by Crippen LogP contribution is 2.31. The maximum Gasteiger partial charge on any atom is 0.337 e. The van der Waals surface area contributed by atoms with Gasteiger partial charge in [-0.2, -0.15) is 0 Å². The minimum absolute atomic E-state index is 0.195. The number of nitrogens with one attached hydrogen (secondary N) is 1. The van der Waals surface area contributed by atoms with Gasteiger partial charge in [0.15, 0.2) is 0 Å². The Kier molecular flexibility index (Phi) is 5.53. The lowest BCUT2D eigenvalue weighted by Gasteiger charge is -2.12. The van der Waals surface area contributed by atoms with Crippen molar-refractivity contribution in [2.75, 3.05) is 4.72 Å². The average Bonchev–Trinajstić information content (AvgIpc) is 2.59. The number of carbonyl (C=O) groups is 1. The van der Waals surface area contributed by atoms with Gasteiger partial charge in [0.05, 0.1) is 11.3 Å². The van der Waals surface area contributed by atoms with Crippen LogP contribution >= 0.6 is 35.1 Å². The number of hydrogen-bond acceptors (Lipinski definition) is 3. The molecule has 126 valence electrons. The van der Waals surface area contributed by atoms with Crippen LogP contribution in [0.4, 0.5) is 5.69 Å². The summed E-state index contributed by atoms with van der Waals surface area (Å²) in [5.74, 6) is -0.994. The van der Waals surface area contributed by atoms with E-state index in [9.17, 15) is 9.90 Å². The summed E-state index contributed by atoms with van der Waals surface area (Å²) >= 11 is 13.3. The fourth-order valence-corrected chi connectivity index (χ4v) is 3.75. The molecule has 0 aliphatic rings. The van der Waals surface area contributed by atoms with Crippen molar-refractivity contribution in [2.24, 2.45) is 0 Å². The SMILES string of the molecule is O=C(O)c1ccc(-c2ccccc2)cc1NSc1cc(Cl)cc(Cl)c1. The lowest BCUT2D eigenvalue weighted by Crippen LogP contribution is -2.02. The number of halogens is 2. The van der Waals surface area contributed by atoms with E-state index in [0.717, 1.165) is 16.0 Å². The Morgan fingerprint density at radius 3 is 2.20 bits per heavy atom. The van der Waals surface area contributed by atoms with Crippen molar-refractivity contribution in [3.63, 3.8) is 0 Å². The molecule has 3 aromatic carbocycles. The molecule has 3 nitrogen and oxygen atoms in total. The predicted octanol–water partition coefficient (Wildman–Crippen LogP) is 6.48. The molecule has 6 heteroatoms. The van der Waals surface area contributed by atoms with Gasteiger partial charge in [-0.05, 0) is 53.4 Å². The summed E-state index contributed by atoms with van der Waals surface area (Å²) in [6.07, 6.45) is 0. The summed E-state index contributed by atoms with van der Waals surface area (Å²) in [6, 6.07) is 20.1. The molecule has 25 heavy (non-hydrogen) atoms.